The van der Waals surface area contributed by atoms with Crippen LogP contribution in [0.2, 0.25) is 15.1 Å². The van der Waals surface area contributed by atoms with Gasteiger partial charge in [-0.1, -0.05) is 66.2 Å². The molecule has 0 bridgehead atoms. The van der Waals surface area contributed by atoms with Crippen LogP contribution in [0.25, 0.3) is 22.4 Å². The summed E-state index contributed by atoms with van der Waals surface area (Å²) in [5.41, 5.74) is 2.43. The summed E-state index contributed by atoms with van der Waals surface area (Å²) in [4.78, 5) is 18.3. The van der Waals surface area contributed by atoms with Crippen molar-refractivity contribution >= 4 is 40.7 Å². The van der Waals surface area contributed by atoms with Gasteiger partial charge in [-0.15, -0.1) is 0 Å². The predicted molar refractivity (Wildman–Crippen MR) is 151 cm³/mol. The first-order valence-corrected chi connectivity index (χ1v) is 13.6. The van der Waals surface area contributed by atoms with E-state index in [0.717, 1.165) is 49.8 Å². The fourth-order valence-corrected chi connectivity index (χ4v) is 5.26. The quantitative estimate of drug-likeness (QED) is 0.244. The Bertz CT molecular complexity index is 1520. The molecule has 39 heavy (non-hydrogen) atoms. The number of halogens is 5. The van der Waals surface area contributed by atoms with Gasteiger partial charge in [0.15, 0.2) is 11.6 Å². The van der Waals surface area contributed by atoms with Crippen molar-refractivity contribution in [1.82, 2.24) is 10.3 Å². The monoisotopic (exact) mass is 586 g/mol. The molecule has 200 valence electrons. The van der Waals surface area contributed by atoms with Gasteiger partial charge in [0.1, 0.15) is 11.3 Å². The van der Waals surface area contributed by atoms with E-state index in [-0.39, 0.29) is 29.1 Å². The lowest BCUT2D eigenvalue weighted by Crippen LogP contribution is -2.36. The van der Waals surface area contributed by atoms with Crippen molar-refractivity contribution in [2.45, 2.75) is 38.1 Å². The molecule has 4 nitrogen and oxygen atoms in total. The van der Waals surface area contributed by atoms with Gasteiger partial charge in [-0.2, -0.15) is 0 Å². The number of rotatable bonds is 6. The molecule has 0 radical (unpaired) electrons. The van der Waals surface area contributed by atoms with Crippen LogP contribution >= 0.6 is 34.8 Å². The third kappa shape index (κ3) is 6.35. The summed E-state index contributed by atoms with van der Waals surface area (Å²) < 4.78 is 33.5. The van der Waals surface area contributed by atoms with Gasteiger partial charge in [0.25, 0.3) is 5.91 Å². The van der Waals surface area contributed by atoms with Gasteiger partial charge in [0.05, 0.1) is 10.7 Å². The van der Waals surface area contributed by atoms with Crippen LogP contribution in [0, 0.1) is 11.6 Å². The van der Waals surface area contributed by atoms with Crippen molar-refractivity contribution in [2.75, 3.05) is 0 Å². The molecule has 0 atom stereocenters. The maximum absolute atomic E-state index is 14.0. The number of hydrogen-bond donors (Lipinski definition) is 1. The summed E-state index contributed by atoms with van der Waals surface area (Å²) in [5, 5.41) is 4.42. The molecule has 0 spiro atoms. The lowest BCUT2D eigenvalue weighted by molar-refractivity contribution is 0.0925. The van der Waals surface area contributed by atoms with Crippen LogP contribution in [0.4, 0.5) is 8.78 Å². The Morgan fingerprint density at radius 1 is 0.821 bits per heavy atom. The second-order valence-corrected chi connectivity index (χ2v) is 10.6. The molecule has 0 unspecified atom stereocenters. The largest absolute Gasteiger partial charge is 0.438 e. The molecule has 4 aromatic rings. The SMILES string of the molecule is O=C(NC1CCCCC1)c1cc(-c2ccc(Cl)cc2)c(-c2ccc(Cl)cc2Cl)nc1Oc1ccc(F)c(F)c1. The first-order valence-electron chi connectivity index (χ1n) is 12.5. The zero-order valence-corrected chi connectivity index (χ0v) is 22.9. The molecule has 3 aromatic carbocycles. The molecule has 1 aliphatic rings. The first-order chi connectivity index (χ1) is 18.8. The third-order valence-electron chi connectivity index (χ3n) is 6.62. The molecule has 1 aromatic heterocycles. The number of carbonyl (C=O) groups excluding carboxylic acids is 1. The molecule has 0 aliphatic heterocycles. The van der Waals surface area contributed by atoms with Gasteiger partial charge in [-0.05, 0) is 66.9 Å². The smallest absolute Gasteiger partial charge is 0.257 e. The van der Waals surface area contributed by atoms with Gasteiger partial charge >= 0.3 is 0 Å². The van der Waals surface area contributed by atoms with Crippen molar-refractivity contribution in [1.29, 1.82) is 0 Å². The van der Waals surface area contributed by atoms with Crippen LogP contribution in [-0.4, -0.2) is 16.9 Å². The van der Waals surface area contributed by atoms with Crippen molar-refractivity contribution < 1.29 is 18.3 Å². The van der Waals surface area contributed by atoms with Crippen LogP contribution in [-0.2, 0) is 0 Å². The number of amides is 1. The lowest BCUT2D eigenvalue weighted by Gasteiger charge is -2.23. The number of ether oxygens (including phenoxy) is 1. The van der Waals surface area contributed by atoms with Crippen molar-refractivity contribution in [2.24, 2.45) is 0 Å². The minimum atomic E-state index is -1.08. The number of nitrogens with zero attached hydrogens (tertiary/aromatic N) is 1. The summed E-state index contributed by atoms with van der Waals surface area (Å²) in [6, 6.07) is 16.9. The number of nitrogens with one attached hydrogen (secondary N) is 1. The van der Waals surface area contributed by atoms with Gasteiger partial charge in [0.2, 0.25) is 5.88 Å². The van der Waals surface area contributed by atoms with Gasteiger partial charge in [-0.25, -0.2) is 13.8 Å². The standard InChI is InChI=1S/C30H23Cl3F2N2O2/c31-18-8-6-17(7-9-18)23-16-24(29(38)36-20-4-2-1-3-5-20)30(39-21-11-13-26(34)27(35)15-21)37-28(23)22-12-10-19(32)14-25(22)33/h6-16,20H,1-5H2,(H,36,38). The zero-order valence-electron chi connectivity index (χ0n) is 20.6. The van der Waals surface area contributed by atoms with E-state index < -0.39 is 11.6 Å². The summed E-state index contributed by atoms with van der Waals surface area (Å²) in [6.07, 6.45) is 4.95. The maximum atomic E-state index is 14.0. The molecule has 1 amide bonds. The Morgan fingerprint density at radius 2 is 1.54 bits per heavy atom. The second-order valence-electron chi connectivity index (χ2n) is 9.35. The van der Waals surface area contributed by atoms with E-state index in [1.807, 2.05) is 12.1 Å². The van der Waals surface area contributed by atoms with Gasteiger partial charge in [0, 0.05) is 33.3 Å². The lowest BCUT2D eigenvalue weighted by atomic mass is 9.94. The molecular weight excluding hydrogens is 565 g/mol. The average molecular weight is 588 g/mol. The highest BCUT2D eigenvalue weighted by Gasteiger charge is 2.25. The van der Waals surface area contributed by atoms with Gasteiger partial charge in [-0.3, -0.25) is 4.79 Å². The fourth-order valence-electron chi connectivity index (χ4n) is 4.64. The van der Waals surface area contributed by atoms with E-state index in [0.29, 0.717) is 31.9 Å². The topological polar surface area (TPSA) is 51.2 Å². The highest BCUT2D eigenvalue weighted by Crippen LogP contribution is 2.40. The molecule has 1 saturated carbocycles. The normalized spacial score (nSPS) is 13.8. The maximum Gasteiger partial charge on any atom is 0.257 e. The van der Waals surface area contributed by atoms with E-state index in [4.69, 9.17) is 44.5 Å². The highest BCUT2D eigenvalue weighted by molar-refractivity contribution is 6.36. The Morgan fingerprint density at radius 3 is 2.23 bits per heavy atom. The Labute approximate surface area is 239 Å². The molecule has 5 rings (SSSR count). The third-order valence-corrected chi connectivity index (χ3v) is 7.42. The highest BCUT2D eigenvalue weighted by atomic mass is 35.5. The molecule has 0 saturated heterocycles. The number of aromatic nitrogens is 1. The van der Waals surface area contributed by atoms with Crippen molar-refractivity contribution in [3.05, 3.63) is 99.0 Å². The van der Waals surface area contributed by atoms with Crippen LogP contribution in [0.15, 0.2) is 66.7 Å². The van der Waals surface area contributed by atoms with Crippen LogP contribution < -0.4 is 10.1 Å². The van der Waals surface area contributed by atoms with Crippen LogP contribution in [0.1, 0.15) is 42.5 Å². The molecular formula is C30H23Cl3F2N2O2. The number of benzene rings is 3. The van der Waals surface area contributed by atoms with E-state index in [1.165, 1.54) is 6.07 Å². The summed E-state index contributed by atoms with van der Waals surface area (Å²) in [7, 11) is 0. The number of pyridine rings is 1. The number of carbonyl (C=O) groups is 1. The summed E-state index contributed by atoms with van der Waals surface area (Å²) in [5.74, 6) is -2.57. The van der Waals surface area contributed by atoms with Crippen LogP contribution in [0.3, 0.4) is 0 Å². The van der Waals surface area contributed by atoms with E-state index in [1.54, 1.807) is 36.4 Å². The molecule has 1 heterocycles. The average Bonchev–Trinajstić information content (AvgIpc) is 2.92. The van der Waals surface area contributed by atoms with Crippen molar-refractivity contribution in [3.8, 4) is 34.0 Å². The Hall–Kier alpha value is -3.19. The minimum absolute atomic E-state index is 0.0134. The minimum Gasteiger partial charge on any atom is -0.438 e. The van der Waals surface area contributed by atoms with Crippen LogP contribution in [0.5, 0.6) is 11.6 Å². The molecule has 9 heteroatoms. The Kier molecular flexibility index (Phi) is 8.36. The van der Waals surface area contributed by atoms with E-state index in [2.05, 4.69) is 5.32 Å². The number of hydrogen-bond acceptors (Lipinski definition) is 3. The Balaban J connectivity index is 1.69. The predicted octanol–water partition coefficient (Wildman–Crippen LogP) is 9.51. The first kappa shape index (κ1) is 27.4. The molecule has 1 N–H and O–H groups in total. The fraction of sp³-hybridized carbons (Fsp3) is 0.200. The second kappa shape index (κ2) is 11.9. The zero-order chi connectivity index (χ0) is 27.5. The molecule has 1 fully saturated rings. The summed E-state index contributed by atoms with van der Waals surface area (Å²) >= 11 is 18.8. The van der Waals surface area contributed by atoms with Crippen molar-refractivity contribution in [3.63, 3.8) is 0 Å². The van der Waals surface area contributed by atoms with E-state index in [9.17, 15) is 13.6 Å². The van der Waals surface area contributed by atoms with Gasteiger partial charge < -0.3 is 10.1 Å². The van der Waals surface area contributed by atoms with E-state index >= 15 is 0 Å². The molecule has 1 aliphatic carbocycles. The summed E-state index contributed by atoms with van der Waals surface area (Å²) in [6.45, 7) is 0.